The molecule has 1 aliphatic rings. The first kappa shape index (κ1) is 15.4. The van der Waals surface area contributed by atoms with Gasteiger partial charge in [0.15, 0.2) is 6.10 Å². The molecule has 1 N–H and O–H groups in total. The van der Waals surface area contributed by atoms with Crippen LogP contribution in [0, 0.1) is 0 Å². The first-order chi connectivity index (χ1) is 8.85. The van der Waals surface area contributed by atoms with E-state index in [2.05, 4.69) is 0 Å². The van der Waals surface area contributed by atoms with Gasteiger partial charge in [-0.2, -0.15) is 0 Å². The molecule has 0 aromatic rings. The molecule has 19 heavy (non-hydrogen) atoms. The van der Waals surface area contributed by atoms with Crippen molar-refractivity contribution in [3.8, 4) is 0 Å². The minimum Gasteiger partial charge on any atom is -0.455 e. The molecule has 8 nitrogen and oxygen atoms in total. The van der Waals surface area contributed by atoms with E-state index in [0.717, 1.165) is 13.8 Å². The molecule has 8 heteroatoms. The van der Waals surface area contributed by atoms with E-state index in [1.54, 1.807) is 0 Å². The second kappa shape index (κ2) is 6.48. The minimum absolute atomic E-state index is 0.479. The van der Waals surface area contributed by atoms with Crippen LogP contribution in [0.15, 0.2) is 0 Å². The van der Waals surface area contributed by atoms with E-state index in [0.29, 0.717) is 0 Å². The Morgan fingerprint density at radius 3 is 1.84 bits per heavy atom. The van der Waals surface area contributed by atoms with Gasteiger partial charge in [0.2, 0.25) is 12.4 Å². The van der Waals surface area contributed by atoms with Gasteiger partial charge in [-0.05, 0) is 0 Å². The molecule has 0 amide bonds. The number of carbonyl (C=O) groups is 3. The van der Waals surface area contributed by atoms with Gasteiger partial charge in [0.05, 0.1) is 6.61 Å². The normalized spacial score (nSPS) is 29.7. The lowest BCUT2D eigenvalue weighted by Crippen LogP contribution is -2.41. The molecule has 0 aromatic carbocycles. The molecule has 1 fully saturated rings. The highest BCUT2D eigenvalue weighted by Crippen LogP contribution is 2.27. The van der Waals surface area contributed by atoms with Crippen molar-refractivity contribution < 1.29 is 38.4 Å². The zero-order chi connectivity index (χ0) is 14.6. The van der Waals surface area contributed by atoms with Crippen molar-refractivity contribution in [1.82, 2.24) is 0 Å². The van der Waals surface area contributed by atoms with Gasteiger partial charge in [0.1, 0.15) is 6.10 Å². The molecule has 1 rings (SSSR count). The lowest BCUT2D eigenvalue weighted by molar-refractivity contribution is -0.196. The summed E-state index contributed by atoms with van der Waals surface area (Å²) in [7, 11) is 0. The zero-order valence-electron chi connectivity index (χ0n) is 10.8. The van der Waals surface area contributed by atoms with Crippen LogP contribution < -0.4 is 0 Å². The summed E-state index contributed by atoms with van der Waals surface area (Å²) in [5.41, 5.74) is 0. The molecule has 0 bridgehead atoms. The highest BCUT2D eigenvalue weighted by Gasteiger charge is 2.50. The molecule has 4 atom stereocenters. The van der Waals surface area contributed by atoms with Crippen LogP contribution in [0.4, 0.5) is 0 Å². The van der Waals surface area contributed by atoms with Crippen molar-refractivity contribution in [3.05, 3.63) is 0 Å². The standard InChI is InChI=1S/C11H16O8/c1-5(13)16-9-8(4-12)19-11(18-7(3)15)10(9)17-6(2)14/h8-12H,4H2,1-3H3/t8-,9+,10+,11?/m0/s1. The van der Waals surface area contributed by atoms with E-state index in [-0.39, 0.29) is 0 Å². The summed E-state index contributed by atoms with van der Waals surface area (Å²) in [6, 6.07) is 0. The Morgan fingerprint density at radius 2 is 1.42 bits per heavy atom. The van der Waals surface area contributed by atoms with Gasteiger partial charge in [-0.3, -0.25) is 14.4 Å². The van der Waals surface area contributed by atoms with Crippen LogP contribution in [0.3, 0.4) is 0 Å². The van der Waals surface area contributed by atoms with Crippen LogP contribution in [-0.4, -0.2) is 54.2 Å². The van der Waals surface area contributed by atoms with E-state index in [4.69, 9.17) is 24.1 Å². The van der Waals surface area contributed by atoms with E-state index >= 15 is 0 Å². The third-order valence-electron chi connectivity index (χ3n) is 2.33. The predicted octanol–water partition coefficient (Wildman–Crippen LogP) is -0.870. The fraction of sp³-hybridized carbons (Fsp3) is 0.727. The summed E-state index contributed by atoms with van der Waals surface area (Å²) in [5, 5.41) is 9.16. The molecule has 0 saturated carbocycles. The van der Waals surface area contributed by atoms with Crippen molar-refractivity contribution in [2.24, 2.45) is 0 Å². The average Bonchev–Trinajstić information content (AvgIpc) is 2.55. The lowest BCUT2D eigenvalue weighted by atomic mass is 10.1. The van der Waals surface area contributed by atoms with Crippen LogP contribution in [0.1, 0.15) is 20.8 Å². The Bertz CT molecular complexity index is 366. The molecule has 0 radical (unpaired) electrons. The number of carbonyl (C=O) groups excluding carboxylic acids is 3. The summed E-state index contributed by atoms with van der Waals surface area (Å²) < 4.78 is 19.9. The van der Waals surface area contributed by atoms with Crippen LogP contribution in [0.5, 0.6) is 0 Å². The van der Waals surface area contributed by atoms with Gasteiger partial charge in [0, 0.05) is 20.8 Å². The van der Waals surface area contributed by atoms with Crippen molar-refractivity contribution in [3.63, 3.8) is 0 Å². The van der Waals surface area contributed by atoms with Crippen LogP contribution in [0.2, 0.25) is 0 Å². The van der Waals surface area contributed by atoms with Gasteiger partial charge < -0.3 is 24.1 Å². The van der Waals surface area contributed by atoms with Crippen molar-refractivity contribution in [2.45, 2.75) is 45.4 Å². The lowest BCUT2D eigenvalue weighted by Gasteiger charge is -2.22. The molecular formula is C11H16O8. The van der Waals surface area contributed by atoms with E-state index < -0.39 is 49.1 Å². The number of aliphatic hydroxyl groups is 1. The summed E-state index contributed by atoms with van der Waals surface area (Å²) in [6.07, 6.45) is -4.29. The highest BCUT2D eigenvalue weighted by molar-refractivity contribution is 5.68. The predicted molar refractivity (Wildman–Crippen MR) is 58.6 cm³/mol. The number of hydrogen-bond acceptors (Lipinski definition) is 8. The molecule has 1 unspecified atom stereocenters. The maximum absolute atomic E-state index is 11.0. The van der Waals surface area contributed by atoms with Crippen molar-refractivity contribution >= 4 is 17.9 Å². The van der Waals surface area contributed by atoms with Gasteiger partial charge >= 0.3 is 17.9 Å². The highest BCUT2D eigenvalue weighted by atomic mass is 16.7. The molecule has 0 aliphatic carbocycles. The number of rotatable bonds is 4. The molecule has 1 aliphatic heterocycles. The maximum atomic E-state index is 11.0. The monoisotopic (exact) mass is 276 g/mol. The first-order valence-electron chi connectivity index (χ1n) is 5.63. The van der Waals surface area contributed by atoms with E-state index in [9.17, 15) is 14.4 Å². The zero-order valence-corrected chi connectivity index (χ0v) is 10.8. The second-order valence-corrected chi connectivity index (χ2v) is 3.98. The fourth-order valence-electron chi connectivity index (χ4n) is 1.75. The van der Waals surface area contributed by atoms with E-state index in [1.165, 1.54) is 6.92 Å². The maximum Gasteiger partial charge on any atom is 0.305 e. The molecule has 0 aromatic heterocycles. The Balaban J connectivity index is 2.90. The second-order valence-electron chi connectivity index (χ2n) is 3.98. The fourth-order valence-corrected chi connectivity index (χ4v) is 1.75. The van der Waals surface area contributed by atoms with Gasteiger partial charge in [-0.25, -0.2) is 0 Å². The third-order valence-corrected chi connectivity index (χ3v) is 2.33. The van der Waals surface area contributed by atoms with Crippen LogP contribution >= 0.6 is 0 Å². The summed E-state index contributed by atoms with van der Waals surface area (Å²) in [4.78, 5) is 33.0. The topological polar surface area (TPSA) is 108 Å². The van der Waals surface area contributed by atoms with Gasteiger partial charge in [0.25, 0.3) is 0 Å². The Hall–Kier alpha value is -1.67. The summed E-state index contributed by atoms with van der Waals surface area (Å²) in [5.74, 6) is -1.93. The summed E-state index contributed by atoms with van der Waals surface area (Å²) in [6.45, 7) is 3.00. The van der Waals surface area contributed by atoms with Gasteiger partial charge in [-0.15, -0.1) is 0 Å². The van der Waals surface area contributed by atoms with Crippen molar-refractivity contribution in [1.29, 1.82) is 0 Å². The van der Waals surface area contributed by atoms with E-state index in [1.807, 2.05) is 0 Å². The smallest absolute Gasteiger partial charge is 0.305 e. The summed E-state index contributed by atoms with van der Waals surface area (Å²) >= 11 is 0. The Labute approximate surface area is 109 Å². The largest absolute Gasteiger partial charge is 0.455 e. The van der Waals surface area contributed by atoms with Crippen LogP contribution in [-0.2, 0) is 33.3 Å². The third kappa shape index (κ3) is 4.18. The number of hydrogen-bond donors (Lipinski definition) is 1. The van der Waals surface area contributed by atoms with Crippen LogP contribution in [0.25, 0.3) is 0 Å². The molecular weight excluding hydrogens is 260 g/mol. The minimum atomic E-state index is -1.22. The SMILES string of the molecule is CC(=O)OC1O[C@@H](CO)[C@@H](OC(C)=O)[C@H]1OC(C)=O. The Kier molecular flexibility index (Phi) is 5.25. The quantitative estimate of drug-likeness (QED) is 0.521. The molecule has 1 heterocycles. The number of ether oxygens (including phenoxy) is 4. The molecule has 0 spiro atoms. The molecule has 1 saturated heterocycles. The first-order valence-corrected chi connectivity index (χ1v) is 5.63. The molecule has 108 valence electrons. The average molecular weight is 276 g/mol. The number of aliphatic hydroxyl groups excluding tert-OH is 1. The Morgan fingerprint density at radius 1 is 0.947 bits per heavy atom. The van der Waals surface area contributed by atoms with Crippen molar-refractivity contribution in [2.75, 3.05) is 6.61 Å². The van der Waals surface area contributed by atoms with Gasteiger partial charge in [-0.1, -0.05) is 0 Å². The number of esters is 3.